The van der Waals surface area contributed by atoms with E-state index in [-0.39, 0.29) is 5.54 Å². The van der Waals surface area contributed by atoms with Gasteiger partial charge in [0.15, 0.2) is 0 Å². The molecule has 108 valence electrons. The summed E-state index contributed by atoms with van der Waals surface area (Å²) in [6, 6.07) is 8.51. The monoisotopic (exact) mass is 328 g/mol. The summed E-state index contributed by atoms with van der Waals surface area (Å²) in [6.07, 6.45) is 2.81. The maximum atomic E-state index is 9.47. The van der Waals surface area contributed by atoms with Crippen molar-refractivity contribution < 1.29 is 0 Å². The minimum Gasteiger partial charge on any atom is -0.297 e. The summed E-state index contributed by atoms with van der Waals surface area (Å²) >= 11 is 13.8. The molecule has 2 rings (SSSR count). The third-order valence-corrected chi connectivity index (χ3v) is 5.44. The van der Waals surface area contributed by atoms with E-state index in [9.17, 15) is 5.26 Å². The molecule has 0 saturated heterocycles. The lowest BCUT2D eigenvalue weighted by Crippen LogP contribution is -2.45. The van der Waals surface area contributed by atoms with Crippen LogP contribution in [0.25, 0.3) is 0 Å². The minimum atomic E-state index is -0.373. The highest BCUT2D eigenvalue weighted by molar-refractivity contribution is 8.00. The summed E-state index contributed by atoms with van der Waals surface area (Å²) in [4.78, 5) is 1.11. The van der Waals surface area contributed by atoms with Crippen LogP contribution >= 0.6 is 35.0 Å². The van der Waals surface area contributed by atoms with Crippen LogP contribution in [-0.2, 0) is 0 Å². The molecule has 2 unspecified atom stereocenters. The van der Waals surface area contributed by atoms with Crippen molar-refractivity contribution in [3.8, 4) is 6.07 Å². The van der Waals surface area contributed by atoms with E-state index < -0.39 is 0 Å². The van der Waals surface area contributed by atoms with Crippen molar-refractivity contribution in [2.75, 3.05) is 0 Å². The van der Waals surface area contributed by atoms with E-state index >= 15 is 0 Å². The maximum absolute atomic E-state index is 9.47. The molecule has 5 heteroatoms. The Balaban J connectivity index is 2.02. The van der Waals surface area contributed by atoms with Crippen molar-refractivity contribution in [3.63, 3.8) is 0 Å². The second kappa shape index (κ2) is 6.58. The Hall–Kier alpha value is -0.400. The van der Waals surface area contributed by atoms with Gasteiger partial charge in [-0.2, -0.15) is 5.26 Å². The van der Waals surface area contributed by atoms with Crippen molar-refractivity contribution in [2.45, 2.75) is 54.8 Å². The zero-order valence-corrected chi connectivity index (χ0v) is 13.9. The molecule has 0 amide bonds. The highest BCUT2D eigenvalue weighted by Crippen LogP contribution is 2.41. The van der Waals surface area contributed by atoms with E-state index in [0.29, 0.717) is 21.3 Å². The van der Waals surface area contributed by atoms with Crippen molar-refractivity contribution in [2.24, 2.45) is 0 Å². The predicted octanol–water partition coefficient (Wildman–Crippen LogP) is 4.90. The first kappa shape index (κ1) is 16.0. The SMILES string of the molecule is CC(C)NC1(C#N)CCC(Sc2ccc(Cl)c(Cl)c2)C1. The number of rotatable bonds is 4. The van der Waals surface area contributed by atoms with Crippen LogP contribution in [0.2, 0.25) is 10.0 Å². The summed E-state index contributed by atoms with van der Waals surface area (Å²) in [5.41, 5.74) is -0.373. The fourth-order valence-corrected chi connectivity index (χ4v) is 4.34. The molecule has 2 atom stereocenters. The van der Waals surface area contributed by atoms with Crippen molar-refractivity contribution >= 4 is 35.0 Å². The number of benzene rings is 1. The third-order valence-electron chi connectivity index (χ3n) is 3.44. The number of nitriles is 1. The highest BCUT2D eigenvalue weighted by atomic mass is 35.5. The Labute approximate surface area is 134 Å². The average Bonchev–Trinajstić information content (AvgIpc) is 2.77. The van der Waals surface area contributed by atoms with Crippen LogP contribution in [0.1, 0.15) is 33.1 Å². The molecule has 1 aromatic rings. The second-order valence-electron chi connectivity index (χ2n) is 5.55. The predicted molar refractivity (Wildman–Crippen MR) is 86.6 cm³/mol. The van der Waals surface area contributed by atoms with Gasteiger partial charge in [0.05, 0.1) is 16.1 Å². The Bertz CT molecular complexity index is 527. The van der Waals surface area contributed by atoms with Gasteiger partial charge in [-0.3, -0.25) is 5.32 Å². The fourth-order valence-electron chi connectivity index (χ4n) is 2.66. The second-order valence-corrected chi connectivity index (χ2v) is 7.74. The quantitative estimate of drug-likeness (QED) is 0.853. The van der Waals surface area contributed by atoms with Gasteiger partial charge < -0.3 is 0 Å². The normalized spacial score (nSPS) is 25.9. The van der Waals surface area contributed by atoms with E-state index in [1.165, 1.54) is 0 Å². The molecular formula is C15H18Cl2N2S. The van der Waals surface area contributed by atoms with Gasteiger partial charge in [0.2, 0.25) is 0 Å². The van der Waals surface area contributed by atoms with E-state index in [4.69, 9.17) is 23.2 Å². The summed E-state index contributed by atoms with van der Waals surface area (Å²) in [5.74, 6) is 0. The molecule has 2 nitrogen and oxygen atoms in total. The Morgan fingerprint density at radius 3 is 2.75 bits per heavy atom. The zero-order chi connectivity index (χ0) is 14.8. The van der Waals surface area contributed by atoms with Crippen molar-refractivity contribution in [3.05, 3.63) is 28.2 Å². The van der Waals surface area contributed by atoms with Crippen LogP contribution in [0.3, 0.4) is 0 Å². The van der Waals surface area contributed by atoms with Gasteiger partial charge in [-0.05, 0) is 51.3 Å². The Morgan fingerprint density at radius 2 is 2.15 bits per heavy atom. The summed E-state index contributed by atoms with van der Waals surface area (Å²) < 4.78 is 0. The van der Waals surface area contributed by atoms with Crippen LogP contribution < -0.4 is 5.32 Å². The molecule has 1 aliphatic carbocycles. The molecule has 0 aliphatic heterocycles. The number of halogens is 2. The third kappa shape index (κ3) is 3.83. The molecule has 1 fully saturated rings. The summed E-state index contributed by atoms with van der Waals surface area (Å²) in [5, 5.41) is 14.5. The average molecular weight is 329 g/mol. The van der Waals surface area contributed by atoms with Crippen LogP contribution in [0.15, 0.2) is 23.1 Å². The first-order chi connectivity index (χ1) is 9.44. The van der Waals surface area contributed by atoms with Crippen LogP contribution in [0, 0.1) is 11.3 Å². The molecule has 0 spiro atoms. The summed E-state index contributed by atoms with van der Waals surface area (Å²) in [7, 11) is 0. The largest absolute Gasteiger partial charge is 0.297 e. The topological polar surface area (TPSA) is 35.8 Å². The van der Waals surface area contributed by atoms with Gasteiger partial charge in [-0.25, -0.2) is 0 Å². The summed E-state index contributed by atoms with van der Waals surface area (Å²) in [6.45, 7) is 4.16. The van der Waals surface area contributed by atoms with Crippen LogP contribution in [0.5, 0.6) is 0 Å². The molecule has 0 radical (unpaired) electrons. The van der Waals surface area contributed by atoms with Crippen molar-refractivity contribution in [1.82, 2.24) is 5.32 Å². The molecule has 1 aliphatic rings. The van der Waals surface area contributed by atoms with Crippen LogP contribution in [-0.4, -0.2) is 16.8 Å². The molecule has 1 N–H and O–H groups in total. The molecule has 1 aromatic carbocycles. The number of nitrogens with zero attached hydrogens (tertiary/aromatic N) is 1. The lowest BCUT2D eigenvalue weighted by Gasteiger charge is -2.25. The smallest absolute Gasteiger partial charge is 0.108 e. The molecule has 0 bridgehead atoms. The van der Waals surface area contributed by atoms with Gasteiger partial charge in [0, 0.05) is 16.2 Å². The standard InChI is InChI=1S/C15H18Cl2N2S/c1-10(2)19-15(9-18)6-5-12(8-15)20-11-3-4-13(16)14(17)7-11/h3-4,7,10,12,19H,5-6,8H2,1-2H3. The number of hydrogen-bond acceptors (Lipinski definition) is 3. The van der Waals surface area contributed by atoms with Gasteiger partial charge in [0.1, 0.15) is 5.54 Å². The lowest BCUT2D eigenvalue weighted by atomic mass is 9.99. The Kier molecular flexibility index (Phi) is 5.25. The van der Waals surface area contributed by atoms with Gasteiger partial charge in [-0.1, -0.05) is 23.2 Å². The van der Waals surface area contributed by atoms with Gasteiger partial charge in [0.25, 0.3) is 0 Å². The lowest BCUT2D eigenvalue weighted by molar-refractivity contribution is 0.386. The molecule has 1 saturated carbocycles. The molecule has 0 heterocycles. The maximum Gasteiger partial charge on any atom is 0.108 e. The fraction of sp³-hybridized carbons (Fsp3) is 0.533. The zero-order valence-electron chi connectivity index (χ0n) is 11.6. The van der Waals surface area contributed by atoms with E-state index in [0.717, 1.165) is 24.2 Å². The van der Waals surface area contributed by atoms with Gasteiger partial charge in [-0.15, -0.1) is 11.8 Å². The van der Waals surface area contributed by atoms with E-state index in [1.807, 2.05) is 18.2 Å². The molecule has 20 heavy (non-hydrogen) atoms. The Morgan fingerprint density at radius 1 is 1.40 bits per heavy atom. The van der Waals surface area contributed by atoms with E-state index in [1.54, 1.807) is 11.8 Å². The number of thioether (sulfide) groups is 1. The van der Waals surface area contributed by atoms with E-state index in [2.05, 4.69) is 25.2 Å². The number of nitrogens with one attached hydrogen (secondary N) is 1. The first-order valence-corrected chi connectivity index (χ1v) is 8.38. The number of hydrogen-bond donors (Lipinski definition) is 1. The minimum absolute atomic E-state index is 0.323. The molecular weight excluding hydrogens is 311 g/mol. The van der Waals surface area contributed by atoms with Crippen molar-refractivity contribution in [1.29, 1.82) is 5.26 Å². The molecule has 0 aromatic heterocycles. The van der Waals surface area contributed by atoms with Gasteiger partial charge >= 0.3 is 0 Å². The van der Waals surface area contributed by atoms with Crippen LogP contribution in [0.4, 0.5) is 0 Å². The first-order valence-electron chi connectivity index (χ1n) is 6.75. The highest BCUT2D eigenvalue weighted by Gasteiger charge is 2.40.